The van der Waals surface area contributed by atoms with Gasteiger partial charge in [-0.3, -0.25) is 4.79 Å². The third-order valence-electron chi connectivity index (χ3n) is 4.96. The summed E-state index contributed by atoms with van der Waals surface area (Å²) in [5.74, 6) is 1.17. The summed E-state index contributed by atoms with van der Waals surface area (Å²) in [5, 5.41) is 3.59. The number of amides is 3. The molecule has 0 radical (unpaired) electrons. The molecule has 2 aliphatic rings. The molecule has 0 saturated carbocycles. The third kappa shape index (κ3) is 3.78. The highest BCUT2D eigenvalue weighted by Crippen LogP contribution is 2.44. The molecule has 0 aliphatic carbocycles. The Hall–Kier alpha value is -1.11. The van der Waals surface area contributed by atoms with Crippen LogP contribution in [0.5, 0.6) is 0 Å². The molecule has 0 atom stereocenters. The zero-order valence-electron chi connectivity index (χ0n) is 14.9. The fourth-order valence-corrected chi connectivity index (χ4v) is 5.31. The Morgan fingerprint density at radius 2 is 1.88 bits per heavy atom. The van der Waals surface area contributed by atoms with Gasteiger partial charge in [0.15, 0.2) is 0 Å². The first-order chi connectivity index (χ1) is 12.3. The first-order valence-electron chi connectivity index (χ1n) is 8.79. The van der Waals surface area contributed by atoms with Crippen molar-refractivity contribution in [2.45, 2.75) is 31.6 Å². The van der Waals surface area contributed by atoms with Gasteiger partial charge in [-0.25, -0.2) is 4.79 Å². The van der Waals surface area contributed by atoms with Crippen LogP contribution in [-0.2, 0) is 4.79 Å². The molecular formula is C18H23Cl2N3O2S. The molecule has 1 aromatic rings. The van der Waals surface area contributed by atoms with Gasteiger partial charge in [0.1, 0.15) is 0 Å². The number of nitrogens with zero attached hydrogens (tertiary/aromatic N) is 2. The quantitative estimate of drug-likeness (QED) is 0.770. The van der Waals surface area contributed by atoms with Gasteiger partial charge in [0, 0.05) is 31.3 Å². The summed E-state index contributed by atoms with van der Waals surface area (Å²) in [6, 6.07) is 4.98. The number of thioether (sulfide) groups is 1. The summed E-state index contributed by atoms with van der Waals surface area (Å²) in [6.07, 6.45) is 1.57. The van der Waals surface area contributed by atoms with E-state index < -0.39 is 0 Å². The lowest BCUT2D eigenvalue weighted by Crippen LogP contribution is -2.55. The van der Waals surface area contributed by atoms with E-state index in [4.69, 9.17) is 23.2 Å². The van der Waals surface area contributed by atoms with E-state index in [0.717, 1.165) is 25.1 Å². The van der Waals surface area contributed by atoms with E-state index in [1.807, 2.05) is 30.5 Å². The predicted octanol–water partition coefficient (Wildman–Crippen LogP) is 4.55. The van der Waals surface area contributed by atoms with Gasteiger partial charge in [0.2, 0.25) is 5.91 Å². The Balaban J connectivity index is 1.64. The van der Waals surface area contributed by atoms with E-state index >= 15 is 0 Å². The van der Waals surface area contributed by atoms with Crippen LogP contribution in [-0.4, -0.2) is 52.0 Å². The van der Waals surface area contributed by atoms with Gasteiger partial charge in [-0.15, -0.1) is 11.8 Å². The fraction of sp³-hybridized carbons (Fsp3) is 0.556. The second kappa shape index (κ2) is 7.87. The number of urea groups is 1. The molecular weight excluding hydrogens is 393 g/mol. The number of benzene rings is 1. The highest BCUT2D eigenvalue weighted by molar-refractivity contribution is 8.00. The number of piperidine rings is 1. The summed E-state index contributed by atoms with van der Waals surface area (Å²) in [4.78, 5) is 28.8. The van der Waals surface area contributed by atoms with Gasteiger partial charge in [-0.2, -0.15) is 0 Å². The molecule has 3 rings (SSSR count). The van der Waals surface area contributed by atoms with Gasteiger partial charge in [-0.1, -0.05) is 43.1 Å². The zero-order valence-corrected chi connectivity index (χ0v) is 17.3. The van der Waals surface area contributed by atoms with E-state index in [9.17, 15) is 9.59 Å². The van der Waals surface area contributed by atoms with Gasteiger partial charge in [-0.05, 0) is 25.0 Å². The normalized spacial score (nSPS) is 19.3. The molecule has 2 heterocycles. The molecule has 0 bridgehead atoms. The van der Waals surface area contributed by atoms with E-state index in [1.165, 1.54) is 0 Å². The Bertz CT molecular complexity index is 706. The third-order valence-corrected chi connectivity index (χ3v) is 7.33. The molecule has 1 spiro atoms. The second-order valence-corrected chi connectivity index (χ2v) is 9.20. The Kier molecular flexibility index (Phi) is 5.94. The number of anilines is 1. The molecule has 0 aromatic heterocycles. The molecule has 26 heavy (non-hydrogen) atoms. The zero-order chi connectivity index (χ0) is 18.9. The summed E-state index contributed by atoms with van der Waals surface area (Å²) < 4.78 is 0. The Morgan fingerprint density at radius 3 is 2.54 bits per heavy atom. The maximum atomic E-state index is 12.6. The van der Waals surface area contributed by atoms with Crippen molar-refractivity contribution in [3.05, 3.63) is 28.2 Å². The van der Waals surface area contributed by atoms with E-state index in [0.29, 0.717) is 28.8 Å². The van der Waals surface area contributed by atoms with Crippen LogP contribution in [0.2, 0.25) is 10.0 Å². The minimum Gasteiger partial charge on any atom is -0.327 e. The van der Waals surface area contributed by atoms with E-state index in [-0.39, 0.29) is 22.7 Å². The first-order valence-corrected chi connectivity index (χ1v) is 10.5. The van der Waals surface area contributed by atoms with E-state index in [1.54, 1.807) is 23.1 Å². The second-order valence-electron chi connectivity index (χ2n) is 6.96. The van der Waals surface area contributed by atoms with Crippen molar-refractivity contribution in [1.29, 1.82) is 0 Å². The van der Waals surface area contributed by atoms with E-state index in [2.05, 4.69) is 5.32 Å². The number of halogens is 2. The van der Waals surface area contributed by atoms with Crippen molar-refractivity contribution in [2.75, 3.05) is 30.7 Å². The van der Waals surface area contributed by atoms with Crippen molar-refractivity contribution in [2.24, 2.45) is 5.92 Å². The molecule has 3 amide bonds. The number of nitrogens with one attached hydrogen (secondary N) is 1. The Labute approximate surface area is 168 Å². The lowest BCUT2D eigenvalue weighted by Gasteiger charge is -2.44. The van der Waals surface area contributed by atoms with Gasteiger partial charge in [0.05, 0.1) is 20.6 Å². The minimum absolute atomic E-state index is 0.00289. The van der Waals surface area contributed by atoms with Crippen molar-refractivity contribution in [3.8, 4) is 0 Å². The number of hydrogen-bond acceptors (Lipinski definition) is 3. The lowest BCUT2D eigenvalue weighted by atomic mass is 10.0. The molecule has 8 heteroatoms. The molecule has 2 aliphatic heterocycles. The topological polar surface area (TPSA) is 52.7 Å². The fourth-order valence-electron chi connectivity index (χ4n) is 3.50. The summed E-state index contributed by atoms with van der Waals surface area (Å²) in [5.41, 5.74) is 0.510. The van der Waals surface area contributed by atoms with Crippen molar-refractivity contribution in [3.63, 3.8) is 0 Å². The maximum Gasteiger partial charge on any atom is 0.321 e. The number of carbonyl (C=O) groups is 2. The average molecular weight is 416 g/mol. The number of rotatable bonds is 2. The van der Waals surface area contributed by atoms with Gasteiger partial charge >= 0.3 is 6.03 Å². The Morgan fingerprint density at radius 1 is 1.19 bits per heavy atom. The molecule has 1 aromatic carbocycles. The standard InChI is InChI=1S/C18H23Cl2N3O2S/c1-12(2)16(24)23-10-11-26-18(23)6-8-22(9-7-18)17(25)21-14-5-3-4-13(19)15(14)20/h3-5,12H,6-11H2,1-2H3,(H,21,25). The summed E-state index contributed by atoms with van der Waals surface area (Å²) >= 11 is 14.0. The summed E-state index contributed by atoms with van der Waals surface area (Å²) in [7, 11) is 0. The SMILES string of the molecule is CC(C)C(=O)N1CCSC12CCN(C(=O)Nc1cccc(Cl)c1Cl)CC2. The van der Waals surface area contributed by atoms with Crippen LogP contribution < -0.4 is 5.32 Å². The van der Waals surface area contributed by atoms with Crippen LogP contribution in [0.1, 0.15) is 26.7 Å². The number of hydrogen-bond donors (Lipinski definition) is 1. The summed E-state index contributed by atoms with van der Waals surface area (Å²) in [6.45, 7) is 5.90. The average Bonchev–Trinajstić information content (AvgIpc) is 3.01. The molecule has 5 nitrogen and oxygen atoms in total. The number of likely N-dealkylation sites (tertiary alicyclic amines) is 1. The van der Waals surface area contributed by atoms with Gasteiger partial charge in [0.25, 0.3) is 0 Å². The minimum atomic E-state index is -0.186. The monoisotopic (exact) mass is 415 g/mol. The van der Waals surface area contributed by atoms with Crippen LogP contribution >= 0.6 is 35.0 Å². The van der Waals surface area contributed by atoms with Crippen LogP contribution in [0.25, 0.3) is 0 Å². The lowest BCUT2D eigenvalue weighted by molar-refractivity contribution is -0.137. The van der Waals surface area contributed by atoms with Gasteiger partial charge < -0.3 is 15.1 Å². The smallest absolute Gasteiger partial charge is 0.321 e. The maximum absolute atomic E-state index is 12.6. The van der Waals surface area contributed by atoms with Crippen LogP contribution in [0.15, 0.2) is 18.2 Å². The molecule has 1 N–H and O–H groups in total. The highest BCUT2D eigenvalue weighted by Gasteiger charge is 2.47. The highest BCUT2D eigenvalue weighted by atomic mass is 35.5. The van der Waals surface area contributed by atoms with Crippen LogP contribution in [0, 0.1) is 5.92 Å². The molecule has 2 saturated heterocycles. The predicted molar refractivity (Wildman–Crippen MR) is 108 cm³/mol. The number of carbonyl (C=O) groups excluding carboxylic acids is 2. The molecule has 0 unspecified atom stereocenters. The molecule has 142 valence electrons. The largest absolute Gasteiger partial charge is 0.327 e. The first kappa shape index (κ1) is 19.6. The van der Waals surface area contributed by atoms with Crippen LogP contribution in [0.3, 0.4) is 0 Å². The van der Waals surface area contributed by atoms with Crippen molar-refractivity contribution >= 4 is 52.6 Å². The molecule has 2 fully saturated rings. The van der Waals surface area contributed by atoms with Crippen molar-refractivity contribution in [1.82, 2.24) is 9.80 Å². The van der Waals surface area contributed by atoms with Crippen molar-refractivity contribution < 1.29 is 9.59 Å². The van der Waals surface area contributed by atoms with Crippen LogP contribution in [0.4, 0.5) is 10.5 Å².